The molecule has 5 heteroatoms. The SMILES string of the molecule is CCNC(=NCc1ncccc1C)NCCCCc1ccc(OC)cc1. The summed E-state index contributed by atoms with van der Waals surface area (Å²) in [7, 11) is 1.69. The van der Waals surface area contributed by atoms with Crippen LogP contribution >= 0.6 is 0 Å². The maximum Gasteiger partial charge on any atom is 0.191 e. The van der Waals surface area contributed by atoms with Gasteiger partial charge in [-0.05, 0) is 62.4 Å². The Labute approximate surface area is 156 Å². The fourth-order valence-corrected chi connectivity index (χ4v) is 2.63. The van der Waals surface area contributed by atoms with Gasteiger partial charge in [-0.2, -0.15) is 0 Å². The summed E-state index contributed by atoms with van der Waals surface area (Å²) in [6.07, 6.45) is 5.13. The Morgan fingerprint density at radius 3 is 2.62 bits per heavy atom. The van der Waals surface area contributed by atoms with E-state index in [0.29, 0.717) is 6.54 Å². The third kappa shape index (κ3) is 6.75. The molecule has 5 nitrogen and oxygen atoms in total. The highest BCUT2D eigenvalue weighted by Gasteiger charge is 2.01. The molecule has 0 fully saturated rings. The quantitative estimate of drug-likeness (QED) is 0.411. The lowest BCUT2D eigenvalue weighted by Gasteiger charge is -2.11. The van der Waals surface area contributed by atoms with E-state index in [9.17, 15) is 0 Å². The van der Waals surface area contributed by atoms with E-state index in [1.54, 1.807) is 7.11 Å². The number of methoxy groups -OCH3 is 1. The van der Waals surface area contributed by atoms with Crippen LogP contribution in [0, 0.1) is 6.92 Å². The number of rotatable bonds is 9. The van der Waals surface area contributed by atoms with Gasteiger partial charge in [0.05, 0.1) is 19.3 Å². The molecule has 0 radical (unpaired) electrons. The first-order chi connectivity index (χ1) is 12.7. The lowest BCUT2D eigenvalue weighted by molar-refractivity contribution is 0.414. The number of ether oxygens (including phenoxy) is 1. The molecule has 0 atom stereocenters. The van der Waals surface area contributed by atoms with Crippen LogP contribution < -0.4 is 15.4 Å². The number of aryl methyl sites for hydroxylation is 2. The van der Waals surface area contributed by atoms with Crippen molar-refractivity contribution in [1.82, 2.24) is 15.6 Å². The van der Waals surface area contributed by atoms with E-state index in [2.05, 4.69) is 52.7 Å². The lowest BCUT2D eigenvalue weighted by Crippen LogP contribution is -2.37. The minimum absolute atomic E-state index is 0.591. The van der Waals surface area contributed by atoms with Crippen molar-refractivity contribution in [3.63, 3.8) is 0 Å². The Bertz CT molecular complexity index is 683. The third-order valence-corrected chi connectivity index (χ3v) is 4.19. The molecular formula is C21H30N4O. The number of hydrogen-bond acceptors (Lipinski definition) is 3. The fourth-order valence-electron chi connectivity index (χ4n) is 2.63. The number of hydrogen-bond donors (Lipinski definition) is 2. The van der Waals surface area contributed by atoms with Gasteiger partial charge in [0.1, 0.15) is 5.75 Å². The van der Waals surface area contributed by atoms with Crippen LogP contribution in [0.5, 0.6) is 5.75 Å². The second kappa shape index (κ2) is 11.1. The Balaban J connectivity index is 1.73. The van der Waals surface area contributed by atoms with Crippen molar-refractivity contribution >= 4 is 5.96 Å². The van der Waals surface area contributed by atoms with E-state index >= 15 is 0 Å². The van der Waals surface area contributed by atoms with Gasteiger partial charge in [-0.25, -0.2) is 4.99 Å². The van der Waals surface area contributed by atoms with Gasteiger partial charge < -0.3 is 15.4 Å². The summed E-state index contributed by atoms with van der Waals surface area (Å²) in [5.41, 5.74) is 3.53. The summed E-state index contributed by atoms with van der Waals surface area (Å²) in [6, 6.07) is 12.3. The molecule has 1 aromatic heterocycles. The van der Waals surface area contributed by atoms with Crippen LogP contribution in [0.4, 0.5) is 0 Å². The summed E-state index contributed by atoms with van der Waals surface area (Å²) in [4.78, 5) is 9.03. The van der Waals surface area contributed by atoms with E-state index in [4.69, 9.17) is 4.74 Å². The zero-order chi connectivity index (χ0) is 18.6. The molecule has 2 rings (SSSR count). The minimum Gasteiger partial charge on any atom is -0.497 e. The first-order valence-corrected chi connectivity index (χ1v) is 9.28. The van der Waals surface area contributed by atoms with Gasteiger partial charge >= 0.3 is 0 Å². The largest absolute Gasteiger partial charge is 0.497 e. The number of pyridine rings is 1. The van der Waals surface area contributed by atoms with E-state index < -0.39 is 0 Å². The van der Waals surface area contributed by atoms with Crippen LogP contribution in [-0.4, -0.2) is 31.1 Å². The average molecular weight is 354 g/mol. The van der Waals surface area contributed by atoms with Gasteiger partial charge in [0.25, 0.3) is 0 Å². The number of benzene rings is 1. The predicted molar refractivity (Wildman–Crippen MR) is 108 cm³/mol. The van der Waals surface area contributed by atoms with Crippen molar-refractivity contribution in [3.8, 4) is 5.75 Å². The molecule has 0 aliphatic heterocycles. The van der Waals surface area contributed by atoms with E-state index in [1.165, 1.54) is 11.1 Å². The van der Waals surface area contributed by atoms with Gasteiger partial charge in [0.15, 0.2) is 5.96 Å². The van der Waals surface area contributed by atoms with Gasteiger partial charge in [0, 0.05) is 19.3 Å². The monoisotopic (exact) mass is 354 g/mol. The second-order valence-electron chi connectivity index (χ2n) is 6.19. The zero-order valence-corrected chi connectivity index (χ0v) is 16.1. The van der Waals surface area contributed by atoms with Gasteiger partial charge in [-0.1, -0.05) is 18.2 Å². The van der Waals surface area contributed by atoms with Crippen molar-refractivity contribution in [2.24, 2.45) is 4.99 Å². The summed E-state index contributed by atoms with van der Waals surface area (Å²) in [6.45, 7) is 6.49. The molecule has 0 saturated heterocycles. The molecule has 0 aliphatic rings. The minimum atomic E-state index is 0.591. The molecule has 1 aromatic carbocycles. The van der Waals surface area contributed by atoms with Crippen LogP contribution in [-0.2, 0) is 13.0 Å². The second-order valence-corrected chi connectivity index (χ2v) is 6.19. The normalized spacial score (nSPS) is 11.3. The van der Waals surface area contributed by atoms with Gasteiger partial charge in [-0.15, -0.1) is 0 Å². The number of guanidine groups is 1. The number of aromatic nitrogens is 1. The molecule has 26 heavy (non-hydrogen) atoms. The molecule has 2 N–H and O–H groups in total. The molecule has 0 bridgehead atoms. The summed E-state index contributed by atoms with van der Waals surface area (Å²) >= 11 is 0. The summed E-state index contributed by atoms with van der Waals surface area (Å²) in [5.74, 6) is 1.76. The highest BCUT2D eigenvalue weighted by molar-refractivity contribution is 5.79. The Hall–Kier alpha value is -2.56. The van der Waals surface area contributed by atoms with E-state index in [1.807, 2.05) is 24.4 Å². The van der Waals surface area contributed by atoms with Gasteiger partial charge in [-0.3, -0.25) is 4.98 Å². The smallest absolute Gasteiger partial charge is 0.191 e. The number of unbranched alkanes of at least 4 members (excludes halogenated alkanes) is 1. The van der Waals surface area contributed by atoms with Crippen LogP contribution in [0.2, 0.25) is 0 Å². The Morgan fingerprint density at radius 2 is 1.92 bits per heavy atom. The maximum atomic E-state index is 5.19. The van der Waals surface area contributed by atoms with Crippen LogP contribution in [0.1, 0.15) is 36.6 Å². The standard InChI is InChI=1S/C21H30N4O/c1-4-22-21(25-16-20-17(2)8-7-15-23-20)24-14-6-5-9-18-10-12-19(26-3)13-11-18/h7-8,10-13,15H,4-6,9,14,16H2,1-3H3,(H2,22,24,25). The lowest BCUT2D eigenvalue weighted by atomic mass is 10.1. The molecule has 1 heterocycles. The Morgan fingerprint density at radius 1 is 1.12 bits per heavy atom. The number of nitrogens with zero attached hydrogens (tertiary/aromatic N) is 2. The van der Waals surface area contributed by atoms with Crippen LogP contribution in [0.25, 0.3) is 0 Å². The maximum absolute atomic E-state index is 5.19. The van der Waals surface area contributed by atoms with Crippen molar-refractivity contribution in [1.29, 1.82) is 0 Å². The molecular weight excluding hydrogens is 324 g/mol. The molecule has 0 saturated carbocycles. The van der Waals surface area contributed by atoms with Gasteiger partial charge in [0.2, 0.25) is 0 Å². The van der Waals surface area contributed by atoms with Crippen molar-refractivity contribution in [2.45, 2.75) is 39.7 Å². The number of nitrogens with one attached hydrogen (secondary N) is 2. The predicted octanol–water partition coefficient (Wildman–Crippen LogP) is 3.48. The van der Waals surface area contributed by atoms with Crippen molar-refractivity contribution in [3.05, 3.63) is 59.4 Å². The molecule has 2 aromatic rings. The fraction of sp³-hybridized carbons (Fsp3) is 0.429. The van der Waals surface area contributed by atoms with Crippen molar-refractivity contribution < 1.29 is 4.74 Å². The van der Waals surface area contributed by atoms with E-state index in [0.717, 1.165) is 49.8 Å². The summed E-state index contributed by atoms with van der Waals surface area (Å²) in [5, 5.41) is 6.70. The highest BCUT2D eigenvalue weighted by Crippen LogP contribution is 2.13. The first kappa shape index (κ1) is 19.8. The van der Waals surface area contributed by atoms with E-state index in [-0.39, 0.29) is 0 Å². The average Bonchev–Trinajstić information content (AvgIpc) is 2.67. The molecule has 0 spiro atoms. The first-order valence-electron chi connectivity index (χ1n) is 9.28. The zero-order valence-electron chi connectivity index (χ0n) is 16.1. The van der Waals surface area contributed by atoms with Crippen LogP contribution in [0.3, 0.4) is 0 Å². The Kier molecular flexibility index (Phi) is 8.46. The molecule has 0 amide bonds. The molecule has 0 unspecified atom stereocenters. The highest BCUT2D eigenvalue weighted by atomic mass is 16.5. The third-order valence-electron chi connectivity index (χ3n) is 4.19. The van der Waals surface area contributed by atoms with Crippen molar-refractivity contribution in [2.75, 3.05) is 20.2 Å². The van der Waals surface area contributed by atoms with Crippen LogP contribution in [0.15, 0.2) is 47.6 Å². The molecule has 140 valence electrons. The topological polar surface area (TPSA) is 58.5 Å². The molecule has 0 aliphatic carbocycles. The number of aliphatic imine (C=N–C) groups is 1. The summed E-state index contributed by atoms with van der Waals surface area (Å²) < 4.78 is 5.19.